The smallest absolute Gasteiger partial charge is 0.313 e. The lowest BCUT2D eigenvalue weighted by Crippen LogP contribution is -2.14. The van der Waals surface area contributed by atoms with Crippen LogP contribution in [0, 0.1) is 5.92 Å². The van der Waals surface area contributed by atoms with Crippen LogP contribution in [-0.4, -0.2) is 12.6 Å². The topological polar surface area (TPSA) is 26.3 Å². The van der Waals surface area contributed by atoms with Crippen LogP contribution in [0.25, 0.3) is 0 Å². The Hall–Kier alpha value is -1.31. The molecule has 0 aromatic heterocycles. The van der Waals surface area contributed by atoms with Crippen molar-refractivity contribution in [3.63, 3.8) is 0 Å². The molecular formula is C17H26O2. The molecule has 0 aliphatic carbocycles. The van der Waals surface area contributed by atoms with Gasteiger partial charge in [0.2, 0.25) is 0 Å². The van der Waals surface area contributed by atoms with Crippen molar-refractivity contribution >= 4 is 5.97 Å². The van der Waals surface area contributed by atoms with E-state index in [9.17, 15) is 4.79 Å². The molecule has 0 aliphatic heterocycles. The summed E-state index contributed by atoms with van der Waals surface area (Å²) in [7, 11) is 0. The van der Waals surface area contributed by atoms with Gasteiger partial charge in [0.15, 0.2) is 0 Å². The molecule has 0 radical (unpaired) electrons. The third-order valence-corrected chi connectivity index (χ3v) is 3.22. The summed E-state index contributed by atoms with van der Waals surface area (Å²) in [4.78, 5) is 11.9. The number of carbonyl (C=O) groups is 1. The van der Waals surface area contributed by atoms with Crippen molar-refractivity contribution in [3.8, 4) is 0 Å². The van der Waals surface area contributed by atoms with Gasteiger partial charge >= 0.3 is 5.97 Å². The Morgan fingerprint density at radius 2 is 1.79 bits per heavy atom. The number of benzene rings is 1. The van der Waals surface area contributed by atoms with Gasteiger partial charge in [0.25, 0.3) is 0 Å². The first-order valence-electron chi connectivity index (χ1n) is 7.30. The summed E-state index contributed by atoms with van der Waals surface area (Å²) in [5.74, 6) is 0.359. The van der Waals surface area contributed by atoms with E-state index in [-0.39, 0.29) is 11.9 Å². The summed E-state index contributed by atoms with van der Waals surface area (Å²) >= 11 is 0. The number of hydrogen-bond acceptors (Lipinski definition) is 2. The lowest BCUT2D eigenvalue weighted by atomic mass is 9.97. The van der Waals surface area contributed by atoms with Crippen LogP contribution in [0.15, 0.2) is 24.3 Å². The number of carbonyl (C=O) groups excluding carboxylic acids is 1. The maximum Gasteiger partial charge on any atom is 0.313 e. The SMILES string of the molecule is CCCCOC(=O)[C@@H](C)c1ccc(CC(C)C)cc1. The van der Waals surface area contributed by atoms with Crippen LogP contribution in [0.3, 0.4) is 0 Å². The molecule has 0 bridgehead atoms. The number of ether oxygens (including phenoxy) is 1. The van der Waals surface area contributed by atoms with Gasteiger partial charge in [-0.2, -0.15) is 0 Å². The molecule has 19 heavy (non-hydrogen) atoms. The first-order valence-corrected chi connectivity index (χ1v) is 7.30. The van der Waals surface area contributed by atoms with Gasteiger partial charge in [-0.05, 0) is 36.8 Å². The van der Waals surface area contributed by atoms with E-state index in [0.717, 1.165) is 24.8 Å². The first-order chi connectivity index (χ1) is 9.04. The molecule has 0 aliphatic rings. The summed E-state index contributed by atoms with van der Waals surface area (Å²) in [6, 6.07) is 8.32. The fourth-order valence-electron chi connectivity index (χ4n) is 1.99. The number of unbranched alkanes of at least 4 members (excludes halogenated alkanes) is 1. The van der Waals surface area contributed by atoms with Gasteiger partial charge in [-0.3, -0.25) is 4.79 Å². The number of hydrogen-bond donors (Lipinski definition) is 0. The Labute approximate surface area is 117 Å². The molecule has 0 unspecified atom stereocenters. The highest BCUT2D eigenvalue weighted by Crippen LogP contribution is 2.19. The summed E-state index contributed by atoms with van der Waals surface area (Å²) in [5, 5.41) is 0. The molecule has 0 saturated carbocycles. The molecule has 2 heteroatoms. The van der Waals surface area contributed by atoms with Crippen molar-refractivity contribution in [3.05, 3.63) is 35.4 Å². The van der Waals surface area contributed by atoms with Crippen LogP contribution >= 0.6 is 0 Å². The zero-order valence-corrected chi connectivity index (χ0v) is 12.6. The molecule has 0 amide bonds. The van der Waals surface area contributed by atoms with Crippen molar-refractivity contribution in [1.82, 2.24) is 0 Å². The molecule has 1 atom stereocenters. The molecule has 1 rings (SSSR count). The zero-order valence-electron chi connectivity index (χ0n) is 12.6. The van der Waals surface area contributed by atoms with Crippen molar-refractivity contribution in [2.45, 2.75) is 52.9 Å². The van der Waals surface area contributed by atoms with Crippen LogP contribution in [0.1, 0.15) is 57.6 Å². The van der Waals surface area contributed by atoms with Crippen LogP contribution in [0.4, 0.5) is 0 Å². The molecule has 0 saturated heterocycles. The van der Waals surface area contributed by atoms with Gasteiger partial charge in [-0.1, -0.05) is 51.5 Å². The maximum atomic E-state index is 11.9. The quantitative estimate of drug-likeness (QED) is 0.540. The number of rotatable bonds is 7. The second-order valence-electron chi connectivity index (χ2n) is 5.58. The number of esters is 1. The Kier molecular flexibility index (Phi) is 6.61. The zero-order chi connectivity index (χ0) is 14.3. The fraction of sp³-hybridized carbons (Fsp3) is 0.588. The largest absolute Gasteiger partial charge is 0.465 e. The van der Waals surface area contributed by atoms with Crippen LogP contribution in [0.2, 0.25) is 0 Å². The van der Waals surface area contributed by atoms with Gasteiger partial charge in [0.1, 0.15) is 0 Å². The maximum absolute atomic E-state index is 11.9. The van der Waals surface area contributed by atoms with E-state index in [1.165, 1.54) is 5.56 Å². The monoisotopic (exact) mass is 262 g/mol. The predicted octanol–water partition coefficient (Wildman–Crippen LogP) is 4.33. The molecule has 0 heterocycles. The minimum atomic E-state index is -0.176. The summed E-state index contributed by atoms with van der Waals surface area (Å²) in [6.45, 7) is 8.95. The summed E-state index contributed by atoms with van der Waals surface area (Å²) < 4.78 is 5.25. The second kappa shape index (κ2) is 7.98. The van der Waals surface area contributed by atoms with Crippen LogP contribution < -0.4 is 0 Å². The average molecular weight is 262 g/mol. The molecule has 0 N–H and O–H groups in total. The lowest BCUT2D eigenvalue weighted by Gasteiger charge is -2.12. The van der Waals surface area contributed by atoms with E-state index in [1.54, 1.807) is 0 Å². The minimum absolute atomic E-state index is 0.120. The van der Waals surface area contributed by atoms with E-state index >= 15 is 0 Å². The van der Waals surface area contributed by atoms with Gasteiger partial charge < -0.3 is 4.74 Å². The Bertz CT molecular complexity index is 379. The molecule has 2 nitrogen and oxygen atoms in total. The highest BCUT2D eigenvalue weighted by atomic mass is 16.5. The van der Waals surface area contributed by atoms with E-state index < -0.39 is 0 Å². The van der Waals surface area contributed by atoms with Crippen LogP contribution in [0.5, 0.6) is 0 Å². The van der Waals surface area contributed by atoms with Gasteiger partial charge in [-0.25, -0.2) is 0 Å². The third kappa shape index (κ3) is 5.46. The molecule has 1 aromatic carbocycles. The standard InChI is InChI=1S/C17H26O2/c1-5-6-11-19-17(18)14(4)16-9-7-15(8-10-16)12-13(2)3/h7-10,13-14H,5-6,11-12H2,1-4H3/t14-/m0/s1. The van der Waals surface area contributed by atoms with E-state index in [4.69, 9.17) is 4.74 Å². The molecule has 0 spiro atoms. The molecule has 106 valence electrons. The van der Waals surface area contributed by atoms with E-state index in [1.807, 2.05) is 19.1 Å². The fourth-order valence-corrected chi connectivity index (χ4v) is 1.99. The summed E-state index contributed by atoms with van der Waals surface area (Å²) in [6.07, 6.45) is 3.06. The average Bonchev–Trinajstić information content (AvgIpc) is 2.38. The van der Waals surface area contributed by atoms with Crippen molar-refractivity contribution in [2.24, 2.45) is 5.92 Å². The summed E-state index contributed by atoms with van der Waals surface area (Å²) in [5.41, 5.74) is 2.36. The molecular weight excluding hydrogens is 236 g/mol. The van der Waals surface area contributed by atoms with Gasteiger partial charge in [0.05, 0.1) is 12.5 Å². The van der Waals surface area contributed by atoms with E-state index in [2.05, 4.69) is 32.9 Å². The first kappa shape index (κ1) is 15.7. The Morgan fingerprint density at radius 1 is 1.16 bits per heavy atom. The third-order valence-electron chi connectivity index (χ3n) is 3.22. The van der Waals surface area contributed by atoms with E-state index in [0.29, 0.717) is 12.5 Å². The normalized spacial score (nSPS) is 12.5. The Balaban J connectivity index is 2.56. The molecule has 0 fully saturated rings. The van der Waals surface area contributed by atoms with Crippen molar-refractivity contribution in [1.29, 1.82) is 0 Å². The molecule has 1 aromatic rings. The highest BCUT2D eigenvalue weighted by molar-refractivity contribution is 5.77. The highest BCUT2D eigenvalue weighted by Gasteiger charge is 2.16. The van der Waals surface area contributed by atoms with Crippen LogP contribution in [-0.2, 0) is 16.0 Å². The minimum Gasteiger partial charge on any atom is -0.465 e. The van der Waals surface area contributed by atoms with Gasteiger partial charge in [-0.15, -0.1) is 0 Å². The van der Waals surface area contributed by atoms with Gasteiger partial charge in [0, 0.05) is 0 Å². The second-order valence-corrected chi connectivity index (χ2v) is 5.58. The lowest BCUT2D eigenvalue weighted by molar-refractivity contribution is -0.145. The van der Waals surface area contributed by atoms with Crippen molar-refractivity contribution < 1.29 is 9.53 Å². The van der Waals surface area contributed by atoms with Crippen molar-refractivity contribution in [2.75, 3.05) is 6.61 Å². The Morgan fingerprint density at radius 3 is 2.32 bits per heavy atom. The predicted molar refractivity (Wildman–Crippen MR) is 79.3 cm³/mol.